The average Bonchev–Trinajstić information content (AvgIpc) is 3.07. The minimum Gasteiger partial charge on any atom is -0.326 e. The third-order valence-electron chi connectivity index (χ3n) is 4.05. The van der Waals surface area contributed by atoms with Crippen molar-refractivity contribution in [3.63, 3.8) is 0 Å². The molecule has 0 spiro atoms. The largest absolute Gasteiger partial charge is 0.326 e. The van der Waals surface area contributed by atoms with Crippen LogP contribution in [0.2, 0.25) is 0 Å². The Labute approximate surface area is 118 Å². The highest BCUT2D eigenvalue weighted by Gasteiger charge is 2.25. The second-order valence-electron chi connectivity index (χ2n) is 5.59. The van der Waals surface area contributed by atoms with Crippen LogP contribution in [0, 0.1) is 5.92 Å². The number of hydrogen-bond donors (Lipinski definition) is 1. The molecule has 19 heavy (non-hydrogen) atoms. The number of thiazole rings is 1. The van der Waals surface area contributed by atoms with Crippen LogP contribution in [0.1, 0.15) is 42.7 Å². The highest BCUT2D eigenvalue weighted by atomic mass is 32.1. The molecule has 1 fully saturated rings. The van der Waals surface area contributed by atoms with E-state index in [2.05, 4.69) is 36.6 Å². The molecule has 100 valence electrons. The van der Waals surface area contributed by atoms with Crippen molar-refractivity contribution >= 4 is 11.3 Å². The summed E-state index contributed by atoms with van der Waals surface area (Å²) in [5, 5.41) is 3.51. The third kappa shape index (κ3) is 2.72. The van der Waals surface area contributed by atoms with Gasteiger partial charge in [-0.25, -0.2) is 4.98 Å². The number of hydrogen-bond acceptors (Lipinski definition) is 3. The molecule has 3 rings (SSSR count). The smallest absolute Gasteiger partial charge is 0.0963 e. The molecule has 1 aromatic carbocycles. The lowest BCUT2D eigenvalue weighted by Crippen LogP contribution is -1.95. The molecule has 2 unspecified atom stereocenters. The van der Waals surface area contributed by atoms with E-state index in [0.717, 1.165) is 11.6 Å². The first-order chi connectivity index (χ1) is 9.26. The topological polar surface area (TPSA) is 38.9 Å². The standard InChI is InChI=1S/C16H20N2S/c1-11-2-5-14(8-11)16-18-15(10-19-16)13-6-3-12(9-17)4-7-13/h3-4,6-7,10-11,14H,2,5,8-9,17H2,1H3. The molecule has 2 atom stereocenters. The molecule has 2 aromatic rings. The second-order valence-corrected chi connectivity index (χ2v) is 6.48. The van der Waals surface area contributed by atoms with Gasteiger partial charge in [0.05, 0.1) is 10.7 Å². The van der Waals surface area contributed by atoms with Crippen molar-refractivity contribution < 1.29 is 0 Å². The molecule has 1 saturated carbocycles. The molecule has 1 aliphatic carbocycles. The lowest BCUT2D eigenvalue weighted by Gasteiger charge is -2.04. The van der Waals surface area contributed by atoms with E-state index in [4.69, 9.17) is 10.7 Å². The number of nitrogens with two attached hydrogens (primary N) is 1. The highest BCUT2D eigenvalue weighted by molar-refractivity contribution is 7.10. The number of rotatable bonds is 3. The minimum atomic E-state index is 0.600. The Balaban J connectivity index is 1.80. The van der Waals surface area contributed by atoms with E-state index < -0.39 is 0 Å². The van der Waals surface area contributed by atoms with Gasteiger partial charge in [0.2, 0.25) is 0 Å². The molecule has 3 heteroatoms. The van der Waals surface area contributed by atoms with Gasteiger partial charge in [0.15, 0.2) is 0 Å². The van der Waals surface area contributed by atoms with E-state index in [1.165, 1.54) is 35.4 Å². The molecule has 2 N–H and O–H groups in total. The maximum absolute atomic E-state index is 5.62. The fourth-order valence-electron chi connectivity index (χ4n) is 2.85. The fraction of sp³-hybridized carbons (Fsp3) is 0.438. The van der Waals surface area contributed by atoms with Gasteiger partial charge in [0.25, 0.3) is 0 Å². The number of benzene rings is 1. The van der Waals surface area contributed by atoms with Gasteiger partial charge < -0.3 is 5.73 Å². The molecule has 1 heterocycles. The van der Waals surface area contributed by atoms with Crippen LogP contribution in [-0.2, 0) is 6.54 Å². The SMILES string of the molecule is CC1CCC(c2nc(-c3ccc(CN)cc3)cs2)C1. The van der Waals surface area contributed by atoms with E-state index >= 15 is 0 Å². The first kappa shape index (κ1) is 12.8. The van der Waals surface area contributed by atoms with Crippen LogP contribution in [0.25, 0.3) is 11.3 Å². The van der Waals surface area contributed by atoms with Crippen molar-refractivity contribution in [2.75, 3.05) is 0 Å². The fourth-order valence-corrected chi connectivity index (χ4v) is 3.83. The Morgan fingerprint density at radius 3 is 2.68 bits per heavy atom. The van der Waals surface area contributed by atoms with Crippen molar-refractivity contribution in [1.29, 1.82) is 0 Å². The number of aromatic nitrogens is 1. The van der Waals surface area contributed by atoms with Gasteiger partial charge in [0, 0.05) is 23.4 Å². The van der Waals surface area contributed by atoms with Gasteiger partial charge in [-0.15, -0.1) is 11.3 Å². The summed E-state index contributed by atoms with van der Waals surface area (Å²) in [6.07, 6.45) is 3.96. The summed E-state index contributed by atoms with van der Waals surface area (Å²) in [5.74, 6) is 1.55. The molecule has 0 aliphatic heterocycles. The van der Waals surface area contributed by atoms with Crippen molar-refractivity contribution in [2.24, 2.45) is 11.7 Å². The van der Waals surface area contributed by atoms with E-state index in [1.54, 1.807) is 0 Å². The van der Waals surface area contributed by atoms with Crippen LogP contribution >= 0.6 is 11.3 Å². The van der Waals surface area contributed by atoms with E-state index in [-0.39, 0.29) is 0 Å². The van der Waals surface area contributed by atoms with Crippen LogP contribution < -0.4 is 5.73 Å². The molecule has 1 aliphatic rings. The lowest BCUT2D eigenvalue weighted by molar-refractivity contribution is 0.596. The lowest BCUT2D eigenvalue weighted by atomic mass is 10.1. The second kappa shape index (κ2) is 5.43. The Bertz CT molecular complexity index is 544. The van der Waals surface area contributed by atoms with Crippen LogP contribution in [0.5, 0.6) is 0 Å². The van der Waals surface area contributed by atoms with Crippen LogP contribution in [0.15, 0.2) is 29.6 Å². The predicted molar refractivity (Wildman–Crippen MR) is 81.2 cm³/mol. The van der Waals surface area contributed by atoms with Crippen molar-refractivity contribution in [1.82, 2.24) is 4.98 Å². The first-order valence-corrected chi connectivity index (χ1v) is 7.89. The first-order valence-electron chi connectivity index (χ1n) is 7.01. The van der Waals surface area contributed by atoms with E-state index in [9.17, 15) is 0 Å². The summed E-state index contributed by atoms with van der Waals surface area (Å²) in [7, 11) is 0. The minimum absolute atomic E-state index is 0.600. The summed E-state index contributed by atoms with van der Waals surface area (Å²) in [6.45, 7) is 2.95. The Hall–Kier alpha value is -1.19. The Morgan fingerprint density at radius 2 is 2.05 bits per heavy atom. The highest BCUT2D eigenvalue weighted by Crippen LogP contribution is 2.40. The molecule has 0 amide bonds. The zero-order chi connectivity index (χ0) is 13.2. The predicted octanol–water partition coefficient (Wildman–Crippen LogP) is 4.17. The quantitative estimate of drug-likeness (QED) is 0.910. The maximum Gasteiger partial charge on any atom is 0.0963 e. The van der Waals surface area contributed by atoms with Gasteiger partial charge in [0.1, 0.15) is 0 Å². The zero-order valence-electron chi connectivity index (χ0n) is 11.3. The monoisotopic (exact) mass is 272 g/mol. The molecular formula is C16H20N2S. The Morgan fingerprint density at radius 1 is 1.26 bits per heavy atom. The summed E-state index contributed by atoms with van der Waals surface area (Å²) in [5.41, 5.74) is 9.11. The van der Waals surface area contributed by atoms with Gasteiger partial charge in [-0.1, -0.05) is 37.6 Å². The van der Waals surface area contributed by atoms with E-state index in [1.807, 2.05) is 11.3 Å². The van der Waals surface area contributed by atoms with E-state index in [0.29, 0.717) is 12.5 Å². The molecule has 2 nitrogen and oxygen atoms in total. The number of nitrogens with zero attached hydrogens (tertiary/aromatic N) is 1. The van der Waals surface area contributed by atoms with Crippen LogP contribution in [0.3, 0.4) is 0 Å². The molecule has 0 saturated heterocycles. The maximum atomic E-state index is 5.62. The van der Waals surface area contributed by atoms with Gasteiger partial charge in [-0.3, -0.25) is 0 Å². The Kier molecular flexibility index (Phi) is 3.67. The van der Waals surface area contributed by atoms with Gasteiger partial charge in [-0.2, -0.15) is 0 Å². The molecule has 0 bridgehead atoms. The van der Waals surface area contributed by atoms with Gasteiger partial charge in [-0.05, 0) is 24.3 Å². The zero-order valence-corrected chi connectivity index (χ0v) is 12.1. The van der Waals surface area contributed by atoms with Crippen LogP contribution in [-0.4, -0.2) is 4.98 Å². The van der Waals surface area contributed by atoms with Crippen LogP contribution in [0.4, 0.5) is 0 Å². The summed E-state index contributed by atoms with van der Waals surface area (Å²) < 4.78 is 0. The average molecular weight is 272 g/mol. The molecule has 1 aromatic heterocycles. The summed E-state index contributed by atoms with van der Waals surface area (Å²) in [6, 6.07) is 8.43. The molecule has 0 radical (unpaired) electrons. The van der Waals surface area contributed by atoms with Gasteiger partial charge >= 0.3 is 0 Å². The summed E-state index contributed by atoms with van der Waals surface area (Å²) in [4.78, 5) is 4.84. The van der Waals surface area contributed by atoms with Crippen molar-refractivity contribution in [3.8, 4) is 11.3 Å². The van der Waals surface area contributed by atoms with Crippen molar-refractivity contribution in [2.45, 2.75) is 38.6 Å². The third-order valence-corrected chi connectivity index (χ3v) is 5.06. The normalized spacial score (nSPS) is 22.8. The van der Waals surface area contributed by atoms with Crippen molar-refractivity contribution in [3.05, 3.63) is 40.2 Å². The molecular weight excluding hydrogens is 252 g/mol. The summed E-state index contributed by atoms with van der Waals surface area (Å²) >= 11 is 1.82.